The zero-order valence-corrected chi connectivity index (χ0v) is 15.8. The lowest BCUT2D eigenvalue weighted by Crippen LogP contribution is -2.23. The summed E-state index contributed by atoms with van der Waals surface area (Å²) in [5, 5.41) is 9.33. The first-order valence-corrected chi connectivity index (χ1v) is 9.25. The van der Waals surface area contributed by atoms with Crippen LogP contribution in [0.4, 0.5) is 5.82 Å². The van der Waals surface area contributed by atoms with Crippen LogP contribution in [0.15, 0.2) is 42.0 Å². The minimum absolute atomic E-state index is 0.000536. The van der Waals surface area contributed by atoms with Crippen LogP contribution in [0.3, 0.4) is 0 Å². The maximum Gasteiger partial charge on any atom is 0.312 e. The first-order chi connectivity index (χ1) is 13.0. The molecule has 3 heterocycles. The van der Waals surface area contributed by atoms with Gasteiger partial charge < -0.3 is 10.1 Å². The second-order valence-electron chi connectivity index (χ2n) is 6.00. The summed E-state index contributed by atoms with van der Waals surface area (Å²) in [5.74, 6) is -0.371. The Labute approximate surface area is 160 Å². The average Bonchev–Trinajstić information content (AvgIpc) is 3.30. The number of amides is 1. The number of carbonyl (C=O) groups excluding carboxylic acids is 2. The quantitative estimate of drug-likeness (QED) is 0.628. The first-order valence-electron chi connectivity index (χ1n) is 8.37. The summed E-state index contributed by atoms with van der Waals surface area (Å²) in [6.45, 7) is 3.55. The third-order valence-corrected chi connectivity index (χ3v) is 4.47. The van der Waals surface area contributed by atoms with Crippen molar-refractivity contribution in [2.24, 2.45) is 0 Å². The number of hydrogen-bond donors (Lipinski definition) is 1. The summed E-state index contributed by atoms with van der Waals surface area (Å²) in [6.07, 6.45) is 3.29. The lowest BCUT2D eigenvalue weighted by molar-refractivity contribution is -0.146. The molecule has 9 heteroatoms. The van der Waals surface area contributed by atoms with Gasteiger partial charge in [-0.3, -0.25) is 14.6 Å². The lowest BCUT2D eigenvalue weighted by Gasteiger charge is -2.11. The molecule has 3 aromatic heterocycles. The van der Waals surface area contributed by atoms with Crippen molar-refractivity contribution < 1.29 is 14.3 Å². The third kappa shape index (κ3) is 4.98. The Kier molecular flexibility index (Phi) is 5.92. The molecule has 0 aliphatic heterocycles. The van der Waals surface area contributed by atoms with Crippen LogP contribution in [-0.2, 0) is 20.7 Å². The lowest BCUT2D eigenvalue weighted by atomic mass is 10.3. The fourth-order valence-corrected chi connectivity index (χ4v) is 3.14. The van der Waals surface area contributed by atoms with Crippen LogP contribution >= 0.6 is 11.3 Å². The van der Waals surface area contributed by atoms with E-state index in [0.29, 0.717) is 11.5 Å². The van der Waals surface area contributed by atoms with Gasteiger partial charge >= 0.3 is 5.97 Å². The standard InChI is InChI=1S/C18H19N5O3S/c1-12(2)23-15(6-8-20-23)22-16(24)10-26-17(25)9-13-11-27-18(21-13)14-5-3-4-7-19-14/h3-8,11-12H,9-10H2,1-2H3,(H,22,24). The minimum Gasteiger partial charge on any atom is -0.455 e. The molecule has 0 aliphatic carbocycles. The van der Waals surface area contributed by atoms with Gasteiger partial charge in [0.2, 0.25) is 0 Å². The number of thiazole rings is 1. The highest BCUT2D eigenvalue weighted by Gasteiger charge is 2.14. The molecule has 0 aliphatic rings. The molecule has 0 saturated carbocycles. The van der Waals surface area contributed by atoms with Gasteiger partial charge in [-0.05, 0) is 26.0 Å². The van der Waals surface area contributed by atoms with Crippen LogP contribution in [0.25, 0.3) is 10.7 Å². The molecule has 0 atom stereocenters. The van der Waals surface area contributed by atoms with Crippen LogP contribution in [0.1, 0.15) is 25.6 Å². The van der Waals surface area contributed by atoms with E-state index in [2.05, 4.69) is 20.4 Å². The number of nitrogens with zero attached hydrogens (tertiary/aromatic N) is 4. The molecule has 0 spiro atoms. The predicted octanol–water partition coefficient (Wildman–Crippen LogP) is 2.71. The number of hydrogen-bond acceptors (Lipinski definition) is 7. The number of esters is 1. The van der Waals surface area contributed by atoms with Gasteiger partial charge in [0.1, 0.15) is 10.8 Å². The Bertz CT molecular complexity index is 920. The molecule has 3 aromatic rings. The zero-order chi connectivity index (χ0) is 19.2. The zero-order valence-electron chi connectivity index (χ0n) is 15.0. The number of pyridine rings is 1. The molecule has 0 unspecified atom stereocenters. The summed E-state index contributed by atoms with van der Waals surface area (Å²) < 4.78 is 6.71. The SMILES string of the molecule is CC(C)n1nccc1NC(=O)COC(=O)Cc1csc(-c2ccccn2)n1. The first kappa shape index (κ1) is 18.7. The van der Waals surface area contributed by atoms with Crippen LogP contribution in [0, 0.1) is 0 Å². The smallest absolute Gasteiger partial charge is 0.312 e. The topological polar surface area (TPSA) is 99.0 Å². The summed E-state index contributed by atoms with van der Waals surface area (Å²) >= 11 is 1.41. The molecule has 0 saturated heterocycles. The molecule has 0 bridgehead atoms. The number of ether oxygens (including phenoxy) is 1. The van der Waals surface area contributed by atoms with Crippen molar-refractivity contribution in [3.63, 3.8) is 0 Å². The maximum atomic E-state index is 12.0. The van der Waals surface area contributed by atoms with Crippen molar-refractivity contribution in [2.75, 3.05) is 11.9 Å². The van der Waals surface area contributed by atoms with Crippen molar-refractivity contribution >= 4 is 29.0 Å². The van der Waals surface area contributed by atoms with Crippen molar-refractivity contribution in [1.82, 2.24) is 19.7 Å². The molecule has 3 rings (SSSR count). The van der Waals surface area contributed by atoms with E-state index in [1.165, 1.54) is 11.3 Å². The molecule has 0 radical (unpaired) electrons. The summed E-state index contributed by atoms with van der Waals surface area (Å²) in [4.78, 5) is 32.6. The second-order valence-corrected chi connectivity index (χ2v) is 6.86. The van der Waals surface area contributed by atoms with Gasteiger partial charge in [0.05, 0.1) is 24.0 Å². The van der Waals surface area contributed by atoms with Gasteiger partial charge in [0.25, 0.3) is 5.91 Å². The average molecular weight is 385 g/mol. The molecule has 27 heavy (non-hydrogen) atoms. The van der Waals surface area contributed by atoms with E-state index in [-0.39, 0.29) is 19.1 Å². The molecule has 0 fully saturated rings. The summed E-state index contributed by atoms with van der Waals surface area (Å²) in [6, 6.07) is 7.35. The van der Waals surface area contributed by atoms with E-state index in [1.54, 1.807) is 28.5 Å². The Hall–Kier alpha value is -3.07. The van der Waals surface area contributed by atoms with Crippen LogP contribution in [0.2, 0.25) is 0 Å². The van der Waals surface area contributed by atoms with E-state index in [9.17, 15) is 9.59 Å². The molecule has 140 valence electrons. The highest BCUT2D eigenvalue weighted by molar-refractivity contribution is 7.13. The molecular formula is C18H19N5O3S. The van der Waals surface area contributed by atoms with E-state index in [0.717, 1.165) is 10.7 Å². The summed E-state index contributed by atoms with van der Waals surface area (Å²) in [7, 11) is 0. The molecular weight excluding hydrogens is 366 g/mol. The van der Waals surface area contributed by atoms with Gasteiger partial charge in [-0.15, -0.1) is 11.3 Å². The van der Waals surface area contributed by atoms with E-state index < -0.39 is 11.9 Å². The number of nitrogens with one attached hydrogen (secondary N) is 1. The van der Waals surface area contributed by atoms with Gasteiger partial charge in [-0.25, -0.2) is 9.67 Å². The minimum atomic E-state index is -0.514. The van der Waals surface area contributed by atoms with Crippen LogP contribution < -0.4 is 5.32 Å². The molecule has 8 nitrogen and oxygen atoms in total. The van der Waals surface area contributed by atoms with E-state index >= 15 is 0 Å². The van der Waals surface area contributed by atoms with Gasteiger partial charge in [0, 0.05) is 23.7 Å². The number of anilines is 1. The van der Waals surface area contributed by atoms with Crippen molar-refractivity contribution in [3.8, 4) is 10.7 Å². The second kappa shape index (κ2) is 8.54. The monoisotopic (exact) mass is 385 g/mol. The van der Waals surface area contributed by atoms with E-state index in [1.807, 2.05) is 32.0 Å². The highest BCUT2D eigenvalue weighted by Crippen LogP contribution is 2.21. The van der Waals surface area contributed by atoms with Gasteiger partial charge in [0.15, 0.2) is 6.61 Å². The Morgan fingerprint density at radius 3 is 2.85 bits per heavy atom. The molecule has 1 N–H and O–H groups in total. The number of carbonyl (C=O) groups is 2. The van der Waals surface area contributed by atoms with E-state index in [4.69, 9.17) is 4.74 Å². The Morgan fingerprint density at radius 1 is 1.26 bits per heavy atom. The molecule has 0 aromatic carbocycles. The van der Waals surface area contributed by atoms with Crippen LogP contribution in [-0.4, -0.2) is 38.2 Å². The van der Waals surface area contributed by atoms with Crippen LogP contribution in [0.5, 0.6) is 0 Å². The van der Waals surface area contributed by atoms with Gasteiger partial charge in [-0.2, -0.15) is 5.10 Å². The normalized spacial score (nSPS) is 10.8. The predicted molar refractivity (Wildman–Crippen MR) is 101 cm³/mol. The largest absolute Gasteiger partial charge is 0.455 e. The summed E-state index contributed by atoms with van der Waals surface area (Å²) in [5.41, 5.74) is 1.34. The van der Waals surface area contributed by atoms with Gasteiger partial charge in [-0.1, -0.05) is 6.07 Å². The van der Waals surface area contributed by atoms with Crippen molar-refractivity contribution in [3.05, 3.63) is 47.7 Å². The Morgan fingerprint density at radius 2 is 2.11 bits per heavy atom. The Balaban J connectivity index is 1.49. The maximum absolute atomic E-state index is 12.0. The number of rotatable bonds is 7. The van der Waals surface area contributed by atoms with Crippen molar-refractivity contribution in [1.29, 1.82) is 0 Å². The molecule has 1 amide bonds. The fourth-order valence-electron chi connectivity index (χ4n) is 2.34. The highest BCUT2D eigenvalue weighted by atomic mass is 32.1. The number of aromatic nitrogens is 4. The third-order valence-electron chi connectivity index (χ3n) is 3.55. The fraction of sp³-hybridized carbons (Fsp3) is 0.278. The van der Waals surface area contributed by atoms with Crippen molar-refractivity contribution in [2.45, 2.75) is 26.3 Å².